The largest absolute Gasteiger partial charge is 0.481 e. The average molecular weight is 536 g/mol. The fourth-order valence-electron chi connectivity index (χ4n) is 3.38. The van der Waals surface area contributed by atoms with E-state index in [1.165, 1.54) is 0 Å². The second-order valence-corrected chi connectivity index (χ2v) is 8.15. The molecule has 182 valence electrons. The summed E-state index contributed by atoms with van der Waals surface area (Å²) < 4.78 is 10.9. The van der Waals surface area contributed by atoms with E-state index in [0.717, 1.165) is 22.3 Å². The molecule has 4 rings (SSSR count). The maximum atomic E-state index is 10.7. The molecule has 2 aromatic heterocycles. The number of methoxy groups -OCH3 is 1. The van der Waals surface area contributed by atoms with Crippen LogP contribution in [0.3, 0.4) is 0 Å². The number of hydrogen-bond acceptors (Lipinski definition) is 7. The topological polar surface area (TPSA) is 110 Å². The molecule has 0 aliphatic carbocycles. The molecule has 2 aromatic carbocycles. The zero-order valence-corrected chi connectivity index (χ0v) is 20.8. The van der Waals surface area contributed by atoms with E-state index in [4.69, 9.17) is 37.6 Å². The number of ether oxygens (including phenoxy) is 1. The highest BCUT2D eigenvalue weighted by Crippen LogP contribution is 2.34. The first-order chi connectivity index (χ1) is 16.5. The van der Waals surface area contributed by atoms with Gasteiger partial charge < -0.3 is 19.7 Å². The summed E-state index contributed by atoms with van der Waals surface area (Å²) in [6.45, 7) is 0.590. The molecule has 0 atom stereocenters. The number of aliphatic carboxylic acids is 1. The molecule has 0 aliphatic heterocycles. The third-order valence-electron chi connectivity index (χ3n) is 4.97. The van der Waals surface area contributed by atoms with Gasteiger partial charge >= 0.3 is 5.97 Å². The molecule has 0 bridgehead atoms. The fraction of sp³-hybridized carbons (Fsp3) is 0.167. The highest BCUT2D eigenvalue weighted by molar-refractivity contribution is 6.33. The summed E-state index contributed by atoms with van der Waals surface area (Å²) in [5.74, 6) is 0.130. The van der Waals surface area contributed by atoms with Crippen LogP contribution in [0.15, 0.2) is 59.3 Å². The minimum Gasteiger partial charge on any atom is -0.481 e. The van der Waals surface area contributed by atoms with Crippen LogP contribution in [0, 0.1) is 0 Å². The highest BCUT2D eigenvalue weighted by Gasteiger charge is 2.16. The predicted molar refractivity (Wildman–Crippen MR) is 137 cm³/mol. The lowest BCUT2D eigenvalue weighted by Crippen LogP contribution is -2.08. The lowest BCUT2D eigenvalue weighted by molar-refractivity contribution is -0.136. The first-order valence-electron chi connectivity index (χ1n) is 10.3. The molecule has 0 aliphatic rings. The molecule has 0 saturated heterocycles. The van der Waals surface area contributed by atoms with Crippen LogP contribution in [0.1, 0.15) is 12.0 Å². The molecule has 0 radical (unpaired) electrons. The Bertz CT molecular complexity index is 1330. The maximum absolute atomic E-state index is 10.7. The molecule has 0 spiro atoms. The molecule has 0 amide bonds. The van der Waals surface area contributed by atoms with Crippen LogP contribution >= 0.6 is 35.6 Å². The van der Waals surface area contributed by atoms with Crippen molar-refractivity contribution in [3.05, 3.63) is 70.3 Å². The molecule has 8 nitrogen and oxygen atoms in total. The van der Waals surface area contributed by atoms with Gasteiger partial charge in [0.25, 0.3) is 5.89 Å². The van der Waals surface area contributed by atoms with E-state index in [-0.39, 0.29) is 25.4 Å². The number of carbonyl (C=O) groups is 1. The summed E-state index contributed by atoms with van der Waals surface area (Å²) in [4.78, 5) is 19.4. The first kappa shape index (κ1) is 26.4. The van der Waals surface area contributed by atoms with E-state index < -0.39 is 5.97 Å². The van der Waals surface area contributed by atoms with Crippen LogP contribution < -0.4 is 5.32 Å². The number of aromatic nitrogens is 3. The number of nitrogens with one attached hydrogen (secondary N) is 1. The van der Waals surface area contributed by atoms with Crippen molar-refractivity contribution in [1.82, 2.24) is 15.1 Å². The normalized spacial score (nSPS) is 10.6. The Kier molecular flexibility index (Phi) is 9.06. The number of halogens is 3. The van der Waals surface area contributed by atoms with E-state index in [2.05, 4.69) is 20.4 Å². The lowest BCUT2D eigenvalue weighted by Gasteiger charge is -2.11. The summed E-state index contributed by atoms with van der Waals surface area (Å²) >= 11 is 12.7. The Balaban J connectivity index is 0.00000342. The maximum Gasteiger partial charge on any atom is 0.305 e. The van der Waals surface area contributed by atoms with Crippen LogP contribution in [-0.2, 0) is 16.1 Å². The van der Waals surface area contributed by atoms with Gasteiger partial charge in [-0.25, -0.2) is 4.98 Å². The second kappa shape index (κ2) is 12.0. The van der Waals surface area contributed by atoms with E-state index in [1.807, 2.05) is 42.5 Å². The summed E-state index contributed by atoms with van der Waals surface area (Å²) in [6.07, 6.45) is 1.49. The van der Waals surface area contributed by atoms with E-state index in [1.54, 1.807) is 19.4 Å². The van der Waals surface area contributed by atoms with Gasteiger partial charge in [0.05, 0.1) is 18.1 Å². The van der Waals surface area contributed by atoms with Crippen LogP contribution in [0.25, 0.3) is 34.0 Å². The second-order valence-electron chi connectivity index (χ2n) is 7.33. The van der Waals surface area contributed by atoms with Crippen molar-refractivity contribution in [2.24, 2.45) is 0 Å². The van der Waals surface area contributed by atoms with Gasteiger partial charge in [-0.05, 0) is 35.4 Å². The van der Waals surface area contributed by atoms with Crippen LogP contribution in [0.4, 0.5) is 5.82 Å². The number of nitrogens with zero attached hydrogens (tertiary/aromatic N) is 3. The van der Waals surface area contributed by atoms with Crippen molar-refractivity contribution in [2.45, 2.75) is 13.0 Å². The van der Waals surface area contributed by atoms with Crippen molar-refractivity contribution in [1.29, 1.82) is 0 Å². The van der Waals surface area contributed by atoms with Crippen molar-refractivity contribution in [3.8, 4) is 34.0 Å². The van der Waals surface area contributed by atoms with Gasteiger partial charge in [-0.15, -0.1) is 12.4 Å². The SMILES string of the molecule is COCc1cc(-c2nc(-c3cnc(NCCC(=O)O)c(Cl)c3)no2)ccc1-c1ccccc1Cl.Cl. The van der Waals surface area contributed by atoms with Gasteiger partial charge in [-0.1, -0.05) is 52.6 Å². The molecule has 0 fully saturated rings. The minimum atomic E-state index is -0.909. The summed E-state index contributed by atoms with van der Waals surface area (Å²) in [6, 6.07) is 15.0. The fourth-order valence-corrected chi connectivity index (χ4v) is 3.85. The summed E-state index contributed by atoms with van der Waals surface area (Å²) in [5.41, 5.74) is 4.08. The number of carboxylic acid groups (broad SMARTS) is 1. The Morgan fingerprint density at radius 3 is 2.60 bits per heavy atom. The Morgan fingerprint density at radius 1 is 1.09 bits per heavy atom. The lowest BCUT2D eigenvalue weighted by atomic mass is 9.97. The number of carboxylic acids is 1. The van der Waals surface area contributed by atoms with Crippen molar-refractivity contribution >= 4 is 47.4 Å². The van der Waals surface area contributed by atoms with Gasteiger partial charge in [-0.3, -0.25) is 4.79 Å². The quantitative estimate of drug-likeness (QED) is 0.260. The summed E-state index contributed by atoms with van der Waals surface area (Å²) in [7, 11) is 1.63. The Morgan fingerprint density at radius 2 is 1.89 bits per heavy atom. The number of hydrogen-bond donors (Lipinski definition) is 2. The van der Waals surface area contributed by atoms with E-state index in [9.17, 15) is 4.79 Å². The van der Waals surface area contributed by atoms with E-state index in [0.29, 0.717) is 39.7 Å². The molecule has 0 unspecified atom stereocenters. The first-order valence-corrected chi connectivity index (χ1v) is 11.0. The third-order valence-corrected chi connectivity index (χ3v) is 5.59. The van der Waals surface area contributed by atoms with Crippen molar-refractivity contribution in [3.63, 3.8) is 0 Å². The third kappa shape index (κ3) is 6.29. The molecule has 4 aromatic rings. The van der Waals surface area contributed by atoms with Crippen LogP contribution in [0.2, 0.25) is 10.0 Å². The standard InChI is InChI=1S/C24H20Cl2N4O4.ClH/c1-33-13-16-10-14(6-7-17(16)18-4-2-3-5-19(18)25)24-29-22(30-34-24)15-11-20(26)23(28-12-15)27-9-8-21(31)32;/h2-7,10-12H,8-9,13H2,1H3,(H,27,28)(H,31,32);1H. The number of anilines is 1. The van der Waals surface area contributed by atoms with E-state index >= 15 is 0 Å². The monoisotopic (exact) mass is 534 g/mol. The predicted octanol–water partition coefficient (Wildman–Crippen LogP) is 6.23. The summed E-state index contributed by atoms with van der Waals surface area (Å²) in [5, 5.41) is 16.7. The number of rotatable bonds is 9. The van der Waals surface area contributed by atoms with Crippen LogP contribution in [0.5, 0.6) is 0 Å². The molecular formula is C24H21Cl3N4O4. The van der Waals surface area contributed by atoms with Crippen molar-refractivity contribution < 1.29 is 19.2 Å². The smallest absolute Gasteiger partial charge is 0.305 e. The molecular weight excluding hydrogens is 515 g/mol. The minimum absolute atomic E-state index is 0. The van der Waals surface area contributed by atoms with Gasteiger partial charge in [0.15, 0.2) is 0 Å². The molecule has 2 heterocycles. The highest BCUT2D eigenvalue weighted by atomic mass is 35.5. The molecule has 0 saturated carbocycles. The van der Waals surface area contributed by atoms with Gasteiger partial charge in [-0.2, -0.15) is 4.98 Å². The average Bonchev–Trinajstić information content (AvgIpc) is 3.31. The number of benzene rings is 2. The number of pyridine rings is 1. The molecule has 11 heteroatoms. The zero-order valence-electron chi connectivity index (χ0n) is 18.5. The van der Waals surface area contributed by atoms with Gasteiger partial charge in [0, 0.05) is 41.6 Å². The van der Waals surface area contributed by atoms with Crippen molar-refractivity contribution in [2.75, 3.05) is 19.0 Å². The Hall–Kier alpha value is -3.17. The Labute approximate surface area is 217 Å². The molecule has 2 N–H and O–H groups in total. The van der Waals surface area contributed by atoms with Gasteiger partial charge in [0.1, 0.15) is 5.82 Å². The van der Waals surface area contributed by atoms with Gasteiger partial charge in [0.2, 0.25) is 5.82 Å². The van der Waals surface area contributed by atoms with Crippen LogP contribution in [-0.4, -0.2) is 39.9 Å². The zero-order chi connectivity index (χ0) is 24.1. The molecule has 35 heavy (non-hydrogen) atoms.